The highest BCUT2D eigenvalue weighted by Crippen LogP contribution is 2.42. The van der Waals surface area contributed by atoms with Gasteiger partial charge in [-0.05, 0) is 86.1 Å². The summed E-state index contributed by atoms with van der Waals surface area (Å²) in [6.45, 7) is 3.46. The van der Waals surface area contributed by atoms with Crippen LogP contribution in [0, 0.1) is 5.82 Å². The maximum atomic E-state index is 16.9. The van der Waals surface area contributed by atoms with Crippen LogP contribution in [0.3, 0.4) is 0 Å². The Morgan fingerprint density at radius 1 is 0.980 bits per heavy atom. The fraction of sp³-hybridized carbons (Fsp3) is 0.432. The number of ether oxygens (including phenoxy) is 1. The van der Waals surface area contributed by atoms with E-state index in [1.165, 1.54) is 0 Å². The van der Waals surface area contributed by atoms with Crippen molar-refractivity contribution in [2.45, 2.75) is 68.6 Å². The van der Waals surface area contributed by atoms with Crippen LogP contribution >= 0.6 is 0 Å². The van der Waals surface area contributed by atoms with Crippen molar-refractivity contribution in [2.24, 2.45) is 0 Å². The quantitative estimate of drug-likeness (QED) is 0.247. The van der Waals surface area contributed by atoms with Gasteiger partial charge in [0.05, 0.1) is 12.0 Å². The van der Waals surface area contributed by atoms with Crippen LogP contribution in [0.25, 0.3) is 32.8 Å². The average molecular weight is 680 g/mol. The van der Waals surface area contributed by atoms with Gasteiger partial charge in [-0.25, -0.2) is 9.18 Å². The molecule has 0 saturated carbocycles. The third-order valence-corrected chi connectivity index (χ3v) is 11.5. The minimum atomic E-state index is -0.881. The third-order valence-electron chi connectivity index (χ3n) is 11.5. The van der Waals surface area contributed by atoms with E-state index in [9.17, 15) is 19.5 Å². The number of carbonyl (C=O) groups excluding carboxylic acids is 3. The highest BCUT2D eigenvalue weighted by molar-refractivity contribution is 6.06. The van der Waals surface area contributed by atoms with Crippen LogP contribution in [0.2, 0.25) is 0 Å². The van der Waals surface area contributed by atoms with E-state index >= 15 is 4.39 Å². The SMILES string of the molecule is O=C1NC(=O)C(CC(=O)N2C3CCC2CN(c2nc(OCC45CCCN4CCC5)nc4c(F)c(-c5cc(O)cc6ccccc56)ccc24)C3)N1. The number of rotatable bonds is 7. The molecule has 13 heteroatoms. The van der Waals surface area contributed by atoms with Crippen LogP contribution in [0.1, 0.15) is 44.9 Å². The van der Waals surface area contributed by atoms with Gasteiger partial charge in [0.2, 0.25) is 5.91 Å². The molecule has 0 spiro atoms. The van der Waals surface area contributed by atoms with Gasteiger partial charge in [-0.3, -0.25) is 19.8 Å². The Morgan fingerprint density at radius 2 is 1.74 bits per heavy atom. The number of phenols is 1. The predicted octanol–water partition coefficient (Wildman–Crippen LogP) is 4.08. The number of phenolic OH excluding ortho intramolecular Hbond substituents is 1. The van der Waals surface area contributed by atoms with Gasteiger partial charge in [-0.2, -0.15) is 9.97 Å². The Morgan fingerprint density at radius 3 is 2.48 bits per heavy atom. The summed E-state index contributed by atoms with van der Waals surface area (Å²) in [7, 11) is 0. The number of anilines is 1. The lowest BCUT2D eigenvalue weighted by atomic mass is 9.95. The maximum absolute atomic E-state index is 16.9. The number of aromatic nitrogens is 2. The van der Waals surface area contributed by atoms with Crippen molar-refractivity contribution in [1.29, 1.82) is 0 Å². The summed E-state index contributed by atoms with van der Waals surface area (Å²) < 4.78 is 23.3. The zero-order chi connectivity index (χ0) is 34.1. The van der Waals surface area contributed by atoms with E-state index in [4.69, 9.17) is 14.7 Å². The van der Waals surface area contributed by atoms with Crippen LogP contribution in [-0.4, -0.2) is 99.2 Å². The van der Waals surface area contributed by atoms with Crippen LogP contribution in [-0.2, 0) is 9.59 Å². The number of carbonyl (C=O) groups is 3. The minimum Gasteiger partial charge on any atom is -0.508 e. The topological polar surface area (TPSA) is 140 Å². The smallest absolute Gasteiger partial charge is 0.322 e. The molecule has 5 aliphatic rings. The number of urea groups is 1. The number of piperazine rings is 1. The molecule has 4 amide bonds. The first kappa shape index (κ1) is 31.0. The van der Waals surface area contributed by atoms with Crippen LogP contribution in [0.4, 0.5) is 15.0 Å². The lowest BCUT2D eigenvalue weighted by Gasteiger charge is -2.42. The molecule has 4 aromatic rings. The molecule has 2 bridgehead atoms. The summed E-state index contributed by atoms with van der Waals surface area (Å²) in [4.78, 5) is 53.4. The number of halogens is 1. The number of nitrogens with zero attached hydrogens (tertiary/aromatic N) is 5. The van der Waals surface area contributed by atoms with E-state index in [1.807, 2.05) is 35.2 Å². The number of benzene rings is 3. The first-order valence-corrected chi connectivity index (χ1v) is 17.5. The Bertz CT molecular complexity index is 2050. The Labute approximate surface area is 287 Å². The van der Waals surface area contributed by atoms with Crippen molar-refractivity contribution >= 4 is 45.3 Å². The molecule has 0 radical (unpaired) electrons. The van der Waals surface area contributed by atoms with Crippen LogP contribution in [0.5, 0.6) is 11.8 Å². The normalized spacial score (nSPS) is 24.2. The molecule has 3 aromatic carbocycles. The number of imide groups is 1. The molecule has 3 atom stereocenters. The predicted molar refractivity (Wildman–Crippen MR) is 183 cm³/mol. The molecule has 50 heavy (non-hydrogen) atoms. The van der Waals surface area contributed by atoms with E-state index in [1.54, 1.807) is 18.2 Å². The van der Waals surface area contributed by atoms with E-state index in [2.05, 4.69) is 20.4 Å². The van der Waals surface area contributed by atoms with E-state index < -0.39 is 23.8 Å². The molecule has 1 aromatic heterocycles. The van der Waals surface area contributed by atoms with E-state index in [-0.39, 0.29) is 47.2 Å². The molecule has 9 rings (SSSR count). The van der Waals surface area contributed by atoms with Gasteiger partial charge in [-0.15, -0.1) is 0 Å². The first-order valence-electron chi connectivity index (χ1n) is 17.5. The van der Waals surface area contributed by atoms with Gasteiger partial charge in [-0.1, -0.05) is 30.3 Å². The molecule has 3 N–H and O–H groups in total. The maximum Gasteiger partial charge on any atom is 0.322 e. The van der Waals surface area contributed by atoms with Gasteiger partial charge < -0.3 is 25.0 Å². The van der Waals surface area contributed by atoms with Crippen molar-refractivity contribution in [3.8, 4) is 22.9 Å². The minimum absolute atomic E-state index is 0.0429. The Balaban J connectivity index is 1.08. The second-order valence-electron chi connectivity index (χ2n) is 14.4. The monoisotopic (exact) mass is 679 g/mol. The van der Waals surface area contributed by atoms with Gasteiger partial charge in [0.15, 0.2) is 5.82 Å². The molecule has 5 saturated heterocycles. The average Bonchev–Trinajstić information content (AvgIpc) is 3.84. The van der Waals surface area contributed by atoms with Crippen molar-refractivity contribution in [2.75, 3.05) is 37.7 Å². The van der Waals surface area contributed by atoms with Crippen LogP contribution in [0.15, 0.2) is 48.5 Å². The lowest BCUT2D eigenvalue weighted by Crippen LogP contribution is -2.57. The zero-order valence-corrected chi connectivity index (χ0v) is 27.5. The second-order valence-corrected chi connectivity index (χ2v) is 14.4. The van der Waals surface area contributed by atoms with E-state index in [0.717, 1.165) is 62.4 Å². The first-order chi connectivity index (χ1) is 24.3. The van der Waals surface area contributed by atoms with Crippen molar-refractivity contribution < 1.29 is 28.6 Å². The molecular formula is C37H38FN7O5. The summed E-state index contributed by atoms with van der Waals surface area (Å²) >= 11 is 0. The van der Waals surface area contributed by atoms with Crippen LogP contribution < -0.4 is 20.3 Å². The number of hydrogen-bond acceptors (Lipinski definition) is 9. The third kappa shape index (κ3) is 5.09. The Hall–Kier alpha value is -5.04. The molecular weight excluding hydrogens is 641 g/mol. The number of nitrogens with one attached hydrogen (secondary N) is 2. The number of fused-ring (bicyclic) bond motifs is 5. The molecule has 0 aliphatic carbocycles. The standard InChI is InChI=1S/C37H38FN7O5/c38-31-26(28-16-24(46)15-21-5-1-2-6-25(21)28)9-10-27-32(31)40-36(50-20-37-11-3-13-44(37)14-4-12-37)41-33(27)43-18-22-7-8-23(19-43)45(22)30(47)17-29-34(48)42-35(49)39-29/h1-2,5-6,9-10,15-16,22-23,29,46H,3-4,7-8,11-14,17-20H2,(H2,39,42,48,49). The molecule has 3 unspecified atom stereocenters. The van der Waals surface area contributed by atoms with Gasteiger partial charge >= 0.3 is 12.0 Å². The molecule has 6 heterocycles. The van der Waals surface area contributed by atoms with Crippen molar-refractivity contribution in [3.63, 3.8) is 0 Å². The van der Waals surface area contributed by atoms with Gasteiger partial charge in [0.1, 0.15) is 29.7 Å². The largest absolute Gasteiger partial charge is 0.508 e. The number of aromatic hydroxyl groups is 1. The molecule has 258 valence electrons. The van der Waals surface area contributed by atoms with Gasteiger partial charge in [0, 0.05) is 36.1 Å². The molecule has 5 aliphatic heterocycles. The second kappa shape index (κ2) is 11.8. The van der Waals surface area contributed by atoms with Gasteiger partial charge in [0.25, 0.3) is 5.91 Å². The summed E-state index contributed by atoms with van der Waals surface area (Å²) in [5.41, 5.74) is 0.956. The Kier molecular flexibility index (Phi) is 7.30. The molecule has 12 nitrogen and oxygen atoms in total. The van der Waals surface area contributed by atoms with Crippen molar-refractivity contribution in [3.05, 3.63) is 54.3 Å². The highest BCUT2D eigenvalue weighted by Gasteiger charge is 2.46. The summed E-state index contributed by atoms with van der Waals surface area (Å²) in [5.74, 6) is -0.604. The number of amides is 4. The summed E-state index contributed by atoms with van der Waals surface area (Å²) in [6.07, 6.45) is 5.78. The fourth-order valence-corrected chi connectivity index (χ4v) is 9.18. The summed E-state index contributed by atoms with van der Waals surface area (Å²) in [6, 6.07) is 12.7. The summed E-state index contributed by atoms with van der Waals surface area (Å²) in [5, 5.41) is 17.4. The highest BCUT2D eigenvalue weighted by atomic mass is 19.1. The fourth-order valence-electron chi connectivity index (χ4n) is 9.18. The lowest BCUT2D eigenvalue weighted by molar-refractivity contribution is -0.136. The van der Waals surface area contributed by atoms with Crippen molar-refractivity contribution in [1.82, 2.24) is 30.4 Å². The number of hydrogen-bond donors (Lipinski definition) is 3. The zero-order valence-electron chi connectivity index (χ0n) is 27.5. The molecule has 5 fully saturated rings. The van der Waals surface area contributed by atoms with E-state index in [0.29, 0.717) is 42.0 Å².